The van der Waals surface area contributed by atoms with Crippen LogP contribution in [0.1, 0.15) is 138 Å². The van der Waals surface area contributed by atoms with E-state index in [1.54, 1.807) is 0 Å². The number of hydrogen-bond donors (Lipinski definition) is 4. The number of benzene rings is 8. The number of H-pyrrole nitrogens is 4. The van der Waals surface area contributed by atoms with E-state index in [1.165, 1.54) is 0 Å². The molecule has 4 N–H and O–H groups in total. The smallest absolute Gasteiger partial charge is 0.164 e. The Kier molecular flexibility index (Phi) is 19.9. The largest absolute Gasteiger partial charge is 0.493 e. The first-order valence-corrected chi connectivity index (χ1v) is 42.0. The van der Waals surface area contributed by atoms with Crippen LogP contribution < -0.4 is 37.9 Å². The maximum absolute atomic E-state index is 6.88. The topological polar surface area (TPSA) is 292 Å². The van der Waals surface area contributed by atoms with Gasteiger partial charge < -0.3 is 57.8 Å². The fourth-order valence-electron chi connectivity index (χ4n) is 14.5. The van der Waals surface area contributed by atoms with Crippen LogP contribution in [0.25, 0.3) is 179 Å². The number of ether oxygens (including phenoxy) is 8. The minimum absolute atomic E-state index is 0.0871. The molecule has 10 heterocycles. The van der Waals surface area contributed by atoms with Crippen molar-refractivity contribution in [1.82, 2.24) is 79.7 Å². The summed E-state index contributed by atoms with van der Waals surface area (Å²) in [7, 11) is 0. The molecule has 628 valence electrons. The molecule has 24 nitrogen and oxygen atoms in total. The zero-order valence-electron chi connectivity index (χ0n) is 73.6. The van der Waals surface area contributed by atoms with Crippen molar-refractivity contribution in [2.75, 3.05) is 52.9 Å². The van der Waals surface area contributed by atoms with E-state index in [-0.39, 0.29) is 45.7 Å². The van der Waals surface area contributed by atoms with Gasteiger partial charge in [-0.05, 0) is 178 Å². The van der Waals surface area contributed by atoms with E-state index >= 15 is 0 Å². The molecule has 0 amide bonds. The molecule has 0 radical (unpaired) electrons. The average molecular weight is 1650 g/mol. The second-order valence-corrected chi connectivity index (χ2v) is 40.7. The first-order valence-electron chi connectivity index (χ1n) is 42.0. The molecule has 0 saturated heterocycles. The Labute approximate surface area is 713 Å². The summed E-state index contributed by atoms with van der Waals surface area (Å²) in [6.45, 7) is 46.4. The van der Waals surface area contributed by atoms with E-state index in [1.807, 2.05) is 146 Å². The van der Waals surface area contributed by atoms with Crippen molar-refractivity contribution in [3.8, 4) is 137 Å². The van der Waals surface area contributed by atoms with Crippen molar-refractivity contribution in [1.29, 1.82) is 0 Å². The van der Waals surface area contributed by atoms with Gasteiger partial charge >= 0.3 is 0 Å². The van der Waals surface area contributed by atoms with E-state index in [4.69, 9.17) is 97.7 Å². The molecule has 0 fully saturated rings. The fraction of sp³-hybridized carbons (Fsp3) is 0.354. The van der Waals surface area contributed by atoms with Crippen LogP contribution >= 0.6 is 0 Å². The Balaban J connectivity index is 0.713. The Bertz CT molecular complexity index is 6560. The van der Waals surface area contributed by atoms with Crippen molar-refractivity contribution < 1.29 is 37.9 Å². The number of aromatic nitrogens is 16. The predicted molar refractivity (Wildman–Crippen MR) is 487 cm³/mol. The lowest BCUT2D eigenvalue weighted by atomic mass is 9.96. The van der Waals surface area contributed by atoms with E-state index in [2.05, 4.69) is 158 Å². The second kappa shape index (κ2) is 30.2. The maximum atomic E-state index is 6.88. The maximum Gasteiger partial charge on any atom is 0.164 e. The van der Waals surface area contributed by atoms with Crippen molar-refractivity contribution >= 4 is 88.3 Å². The molecule has 0 atom stereocenters. The molecule has 123 heavy (non-hydrogen) atoms. The van der Waals surface area contributed by atoms with Crippen LogP contribution in [0.3, 0.4) is 0 Å². The van der Waals surface area contributed by atoms with Gasteiger partial charge in [0.15, 0.2) is 46.6 Å². The summed E-state index contributed by atoms with van der Waals surface area (Å²) in [6.07, 6.45) is 0. The van der Waals surface area contributed by atoms with Crippen LogP contribution in [-0.4, -0.2) is 133 Å². The molecule has 6 aromatic heterocycles. The first-order chi connectivity index (χ1) is 58.2. The molecule has 18 rings (SSSR count). The Morgan fingerprint density at radius 1 is 0.179 bits per heavy atom. The highest BCUT2D eigenvalue weighted by Crippen LogP contribution is 2.45. The monoisotopic (exact) mass is 1640 g/mol. The third-order valence-electron chi connectivity index (χ3n) is 20.7. The fourth-order valence-corrected chi connectivity index (χ4v) is 14.5. The zero-order valence-corrected chi connectivity index (χ0v) is 73.6. The highest BCUT2D eigenvalue weighted by Gasteiger charge is 2.31. The summed E-state index contributed by atoms with van der Waals surface area (Å²) in [4.78, 5) is 78.7. The molecule has 0 unspecified atom stereocenters. The normalized spacial score (nSPS) is 13.0. The van der Waals surface area contributed by atoms with Crippen molar-refractivity contribution in [3.05, 3.63) is 146 Å². The summed E-state index contributed by atoms with van der Waals surface area (Å²) in [5.74, 6) is 8.79. The van der Waals surface area contributed by atoms with Crippen LogP contribution in [0.2, 0.25) is 0 Å². The van der Waals surface area contributed by atoms with Gasteiger partial charge in [-0.3, -0.25) is 0 Å². The first kappa shape index (κ1) is 80.9. The van der Waals surface area contributed by atoms with Crippen molar-refractivity contribution in [2.24, 2.45) is 37.9 Å². The third kappa shape index (κ3) is 17.5. The second-order valence-electron chi connectivity index (χ2n) is 40.7. The molecular weight excluding hydrogens is 1540 g/mol. The minimum Gasteiger partial charge on any atom is -0.493 e. The van der Waals surface area contributed by atoms with Crippen LogP contribution in [0.4, 0.5) is 0 Å². The molecule has 16 bridgehead atoms. The van der Waals surface area contributed by atoms with Gasteiger partial charge in [0.1, 0.15) is 91.2 Å². The number of hydrogen-bond acceptors (Lipinski definition) is 20. The lowest BCUT2D eigenvalue weighted by Gasteiger charge is -2.25. The van der Waals surface area contributed by atoms with E-state index in [0.29, 0.717) is 189 Å². The summed E-state index contributed by atoms with van der Waals surface area (Å²) in [5.41, 5.74) is 9.06. The van der Waals surface area contributed by atoms with Gasteiger partial charge in [0.2, 0.25) is 0 Å². The van der Waals surface area contributed by atoms with Gasteiger partial charge in [0, 0.05) is 93.0 Å². The van der Waals surface area contributed by atoms with E-state index in [9.17, 15) is 0 Å². The average Bonchev–Trinajstić information content (AvgIpc) is 1.60. The zero-order chi connectivity index (χ0) is 86.2. The Morgan fingerprint density at radius 2 is 0.341 bits per heavy atom. The van der Waals surface area contributed by atoms with Crippen LogP contribution in [0.5, 0.6) is 46.0 Å². The highest BCUT2D eigenvalue weighted by molar-refractivity contribution is 6.09. The predicted octanol–water partition coefficient (Wildman–Crippen LogP) is 23.1. The Morgan fingerprint density at radius 3 is 0.537 bits per heavy atom. The molecule has 0 spiro atoms. The Hall–Kier alpha value is -13.1. The number of nitrogens with zero attached hydrogens (tertiary/aromatic N) is 12. The van der Waals surface area contributed by atoms with Crippen LogP contribution in [0.15, 0.2) is 146 Å². The van der Waals surface area contributed by atoms with Gasteiger partial charge in [0.25, 0.3) is 0 Å². The van der Waals surface area contributed by atoms with Crippen molar-refractivity contribution in [2.45, 2.75) is 138 Å². The highest BCUT2D eigenvalue weighted by atomic mass is 16.5. The standard InChI is InChI=1S/C99H104N16O8/c1-93(2,3)45-116-53-23-31-65-69(37-53)85-106-81(65)108-87-75-43-59(27-35-63(75)77(102-87)100-79-61-29-21-55(118-47-95(7,8)9)39-71(61)89(104-79)114-91-73-41-57(120-49-97(13,14)15)25-33-67(73)83(110-85)112-91)122-51-99(19,20)52-123-60-28-36-64-76(44-60)88-103-78(64)101-80-62-30-22-56(119-48-96(10,11)12)40-72(62)90(105-80)115-92-74-42-58(121-50-98(16,17)18)26-34-68(74)84(113-92)111-86-70-38-54(117-46-94(4,5)6)24-32-66(70)82(107-86)109-88/h21-44H,45-52H2,1-20H3,(H2,100,102,104,106,108,110,112,114)(H2,101,103,105,107,109,111,113,115). The summed E-state index contributed by atoms with van der Waals surface area (Å²) < 4.78 is 52.5. The van der Waals surface area contributed by atoms with E-state index in [0.717, 1.165) is 76.5 Å². The molecule has 14 aromatic rings. The summed E-state index contributed by atoms with van der Waals surface area (Å²) in [6, 6.07) is 47.7. The number of aromatic amines is 4. The quantitative estimate of drug-likeness (QED) is 0.0621. The van der Waals surface area contributed by atoms with Gasteiger partial charge in [-0.15, -0.1) is 0 Å². The SMILES string of the molecule is CC(C)(C)COc1ccc2c(c1)-c1nc-2nc2[nH]c(nc3nc(nc4[nH]c(n1)c1cc(OCC(C)(C)C)ccc41)-c1ccc(OCC(C)(C)COc4ccc5c(c4)-c4nc-5nc5[nH]c(nc6nc(nc7[nH]c(n4)c4ccc(OCC(C)(C)C)cc74)-c4ccc(OCC(C)(C)C)cc4-6)c4cc(OCC(C)(C)C)ccc54)cc1-3)c1ccc(OCC(C)(C)C)cc21. The number of fused-ring (bicyclic) bond motifs is 40. The van der Waals surface area contributed by atoms with Crippen LogP contribution in [-0.2, 0) is 0 Å². The molecule has 8 aromatic carbocycles. The molecule has 24 heteroatoms. The minimum atomic E-state index is -0.565. The summed E-state index contributed by atoms with van der Waals surface area (Å²) in [5, 5.41) is 6.30. The lowest BCUT2D eigenvalue weighted by Crippen LogP contribution is -2.28. The van der Waals surface area contributed by atoms with Crippen LogP contribution in [0, 0.1) is 37.9 Å². The van der Waals surface area contributed by atoms with E-state index < -0.39 is 5.41 Å². The molecular formula is C99H104N16O8. The third-order valence-corrected chi connectivity index (χ3v) is 20.7. The molecule has 4 aliphatic heterocycles. The van der Waals surface area contributed by atoms with Crippen molar-refractivity contribution in [3.63, 3.8) is 0 Å². The van der Waals surface area contributed by atoms with Gasteiger partial charge in [-0.1, -0.05) is 138 Å². The molecule has 4 aliphatic rings. The van der Waals surface area contributed by atoms with Gasteiger partial charge in [-0.2, -0.15) is 0 Å². The number of nitrogens with one attached hydrogen (secondary N) is 4. The molecule has 0 saturated carbocycles. The summed E-state index contributed by atoms with van der Waals surface area (Å²) >= 11 is 0. The van der Waals surface area contributed by atoms with Gasteiger partial charge in [0.05, 0.1) is 52.9 Å². The molecule has 0 aliphatic carbocycles. The lowest BCUT2D eigenvalue weighted by molar-refractivity contribution is 0.110. The van der Waals surface area contributed by atoms with Gasteiger partial charge in [-0.25, -0.2) is 59.8 Å². The number of rotatable bonds is 18.